The lowest BCUT2D eigenvalue weighted by Crippen LogP contribution is -1.94. The Morgan fingerprint density at radius 3 is 2.06 bits per heavy atom. The zero-order valence-corrected chi connectivity index (χ0v) is 26.0. The van der Waals surface area contributed by atoms with Crippen molar-refractivity contribution in [2.24, 2.45) is 0 Å². The van der Waals surface area contributed by atoms with E-state index in [1.807, 2.05) is 24.4 Å². The topological polar surface area (TPSA) is 35.1 Å². The van der Waals surface area contributed by atoms with Crippen LogP contribution in [0.3, 0.4) is 0 Å². The van der Waals surface area contributed by atoms with Crippen molar-refractivity contribution < 1.29 is 0 Å². The van der Waals surface area contributed by atoms with E-state index in [-0.39, 0.29) is 0 Å². The third kappa shape index (κ3) is 4.10. The van der Waals surface area contributed by atoms with E-state index in [1.54, 1.807) is 0 Å². The third-order valence-electron chi connectivity index (χ3n) is 9.53. The smallest absolute Gasteiger partial charge is 0.137 e. The molecule has 0 aliphatic rings. The summed E-state index contributed by atoms with van der Waals surface area (Å²) in [6, 6.07) is 56.0. The number of hydrogen-bond acceptors (Lipinski definition) is 2. The van der Waals surface area contributed by atoms with Crippen LogP contribution in [0.15, 0.2) is 170 Å². The number of fused-ring (bicyclic) bond motifs is 8. The maximum atomic E-state index is 5.32. The summed E-state index contributed by atoms with van der Waals surface area (Å²) in [7, 11) is 0. The van der Waals surface area contributed by atoms with Gasteiger partial charge in [-0.15, -0.1) is 0 Å². The number of pyridine rings is 2. The number of rotatable bonds is 4. The molecule has 48 heavy (non-hydrogen) atoms. The minimum atomic E-state index is 0.946. The molecule has 0 bridgehead atoms. The fourth-order valence-corrected chi connectivity index (χ4v) is 7.33. The molecule has 10 rings (SSSR count). The van der Waals surface area contributed by atoms with Gasteiger partial charge in [0.25, 0.3) is 0 Å². The number of aromatic nitrogens is 4. The lowest BCUT2D eigenvalue weighted by molar-refractivity contribution is 1.18. The van der Waals surface area contributed by atoms with E-state index in [2.05, 4.69) is 155 Å². The summed E-state index contributed by atoms with van der Waals surface area (Å²) in [5.41, 5.74) is 11.9. The van der Waals surface area contributed by atoms with Crippen molar-refractivity contribution in [1.82, 2.24) is 18.9 Å². The Kier molecular flexibility index (Phi) is 5.84. The monoisotopic (exact) mass is 612 g/mol. The molecule has 0 spiro atoms. The summed E-state index contributed by atoms with van der Waals surface area (Å²) in [6.45, 7) is 0. The van der Waals surface area contributed by atoms with Gasteiger partial charge in [0.2, 0.25) is 0 Å². The predicted octanol–water partition coefficient (Wildman–Crippen LogP) is 11.1. The largest absolute Gasteiger partial charge is 0.309 e. The summed E-state index contributed by atoms with van der Waals surface area (Å²) in [5, 5.41) is 6.04. The van der Waals surface area contributed by atoms with Gasteiger partial charge in [0.15, 0.2) is 0 Å². The molecule has 4 heteroatoms. The maximum absolute atomic E-state index is 5.32. The maximum Gasteiger partial charge on any atom is 0.137 e. The Bertz CT molecular complexity index is 2790. The fraction of sp³-hybridized carbons (Fsp3) is 0. The van der Waals surface area contributed by atoms with Crippen LogP contribution in [0.1, 0.15) is 0 Å². The Morgan fingerprint density at radius 1 is 0.438 bits per heavy atom. The van der Waals surface area contributed by atoms with E-state index in [0.717, 1.165) is 61.3 Å². The molecule has 0 atom stereocenters. The zero-order chi connectivity index (χ0) is 31.6. The number of imidazole rings is 1. The molecule has 4 heterocycles. The van der Waals surface area contributed by atoms with Crippen LogP contribution in [-0.2, 0) is 0 Å². The average molecular weight is 613 g/mol. The molecular formula is C44H28N4. The number of benzene rings is 6. The van der Waals surface area contributed by atoms with Crippen LogP contribution in [0.4, 0.5) is 0 Å². The van der Waals surface area contributed by atoms with Crippen LogP contribution >= 0.6 is 0 Å². The SMILES string of the molecule is c1ccc(-n2c3ccccc3c3c4c(ccc32)c(-c2cccc(-c3ccc(-c5cn6ccccc6n5)cc3)c2)nc2ccccc24)cc1. The van der Waals surface area contributed by atoms with E-state index < -0.39 is 0 Å². The summed E-state index contributed by atoms with van der Waals surface area (Å²) >= 11 is 0. The molecule has 0 amide bonds. The highest BCUT2D eigenvalue weighted by Gasteiger charge is 2.19. The van der Waals surface area contributed by atoms with Gasteiger partial charge in [-0.2, -0.15) is 0 Å². The van der Waals surface area contributed by atoms with E-state index >= 15 is 0 Å². The molecule has 0 aliphatic heterocycles. The number of nitrogens with zero attached hydrogens (tertiary/aromatic N) is 4. The van der Waals surface area contributed by atoms with Crippen molar-refractivity contribution in [3.05, 3.63) is 170 Å². The zero-order valence-electron chi connectivity index (χ0n) is 26.0. The van der Waals surface area contributed by atoms with Gasteiger partial charge in [-0.3, -0.25) is 0 Å². The van der Waals surface area contributed by atoms with Crippen molar-refractivity contribution >= 4 is 49.1 Å². The standard InChI is InChI=1S/C44H28N4/c1-2-13-33(14-3-1)48-39-18-7-5-16-35(39)43-40(48)25-24-36-42(43)34-15-4-6-17-37(34)46-44(36)32-12-10-11-31(27-32)29-20-22-30(23-21-29)38-28-47-26-9-8-19-41(47)45-38/h1-28H. The second kappa shape index (κ2) is 10.5. The molecule has 0 radical (unpaired) electrons. The van der Waals surface area contributed by atoms with E-state index in [9.17, 15) is 0 Å². The van der Waals surface area contributed by atoms with Crippen LogP contribution in [0.2, 0.25) is 0 Å². The van der Waals surface area contributed by atoms with Gasteiger partial charge in [-0.1, -0.05) is 109 Å². The van der Waals surface area contributed by atoms with Gasteiger partial charge in [-0.05, 0) is 59.7 Å². The van der Waals surface area contributed by atoms with Gasteiger partial charge < -0.3 is 8.97 Å². The summed E-state index contributed by atoms with van der Waals surface area (Å²) in [5.74, 6) is 0. The highest BCUT2D eigenvalue weighted by Crippen LogP contribution is 2.42. The van der Waals surface area contributed by atoms with Gasteiger partial charge in [0.1, 0.15) is 5.65 Å². The van der Waals surface area contributed by atoms with Gasteiger partial charge in [0, 0.05) is 56.1 Å². The van der Waals surface area contributed by atoms with E-state index in [4.69, 9.17) is 9.97 Å². The Balaban J connectivity index is 1.16. The first-order valence-electron chi connectivity index (χ1n) is 16.3. The quantitative estimate of drug-likeness (QED) is 0.185. The predicted molar refractivity (Wildman–Crippen MR) is 199 cm³/mol. The highest BCUT2D eigenvalue weighted by atomic mass is 15.0. The Hall–Kier alpha value is -6.52. The summed E-state index contributed by atoms with van der Waals surface area (Å²) in [6.07, 6.45) is 4.11. The van der Waals surface area contributed by atoms with Crippen molar-refractivity contribution in [3.63, 3.8) is 0 Å². The molecule has 10 aromatic rings. The normalized spacial score (nSPS) is 11.8. The molecule has 0 aliphatic carbocycles. The minimum absolute atomic E-state index is 0.946. The fourth-order valence-electron chi connectivity index (χ4n) is 7.33. The number of para-hydroxylation sites is 3. The van der Waals surface area contributed by atoms with Gasteiger partial charge in [0.05, 0.1) is 27.9 Å². The number of hydrogen-bond donors (Lipinski definition) is 0. The Labute approximate surface area is 276 Å². The van der Waals surface area contributed by atoms with Gasteiger partial charge in [-0.25, -0.2) is 9.97 Å². The Morgan fingerprint density at radius 2 is 1.19 bits per heavy atom. The lowest BCUT2D eigenvalue weighted by Gasteiger charge is -2.13. The molecule has 0 fully saturated rings. The van der Waals surface area contributed by atoms with E-state index in [0.29, 0.717) is 0 Å². The molecule has 0 saturated carbocycles. The van der Waals surface area contributed by atoms with Crippen molar-refractivity contribution in [1.29, 1.82) is 0 Å². The van der Waals surface area contributed by atoms with Crippen LogP contribution < -0.4 is 0 Å². The average Bonchev–Trinajstić information content (AvgIpc) is 3.75. The first-order valence-corrected chi connectivity index (χ1v) is 16.3. The highest BCUT2D eigenvalue weighted by molar-refractivity contribution is 6.29. The van der Waals surface area contributed by atoms with Crippen molar-refractivity contribution in [2.45, 2.75) is 0 Å². The first kappa shape index (κ1) is 26.7. The molecule has 0 saturated heterocycles. The molecule has 4 aromatic heterocycles. The minimum Gasteiger partial charge on any atom is -0.309 e. The molecule has 224 valence electrons. The molecule has 0 N–H and O–H groups in total. The lowest BCUT2D eigenvalue weighted by atomic mass is 9.94. The summed E-state index contributed by atoms with van der Waals surface area (Å²) < 4.78 is 4.44. The first-order chi connectivity index (χ1) is 23.8. The second-order valence-electron chi connectivity index (χ2n) is 12.3. The molecule has 0 unspecified atom stereocenters. The van der Waals surface area contributed by atoms with Crippen molar-refractivity contribution in [2.75, 3.05) is 0 Å². The van der Waals surface area contributed by atoms with Crippen LogP contribution in [0.25, 0.3) is 88.5 Å². The van der Waals surface area contributed by atoms with Gasteiger partial charge >= 0.3 is 0 Å². The van der Waals surface area contributed by atoms with Crippen LogP contribution in [0, 0.1) is 0 Å². The molecule has 6 aromatic carbocycles. The van der Waals surface area contributed by atoms with E-state index in [1.165, 1.54) is 27.2 Å². The third-order valence-corrected chi connectivity index (χ3v) is 9.53. The van der Waals surface area contributed by atoms with Crippen LogP contribution in [-0.4, -0.2) is 18.9 Å². The molecule has 4 nitrogen and oxygen atoms in total. The summed E-state index contributed by atoms with van der Waals surface area (Å²) in [4.78, 5) is 10.1. The van der Waals surface area contributed by atoms with Crippen molar-refractivity contribution in [3.8, 4) is 39.3 Å². The van der Waals surface area contributed by atoms with Crippen LogP contribution in [0.5, 0.6) is 0 Å². The second-order valence-corrected chi connectivity index (χ2v) is 12.3. The molecular weight excluding hydrogens is 585 g/mol.